The molecule has 1 aromatic rings. The smallest absolute Gasteiger partial charge is 0.309 e. The summed E-state index contributed by atoms with van der Waals surface area (Å²) in [7, 11) is 2.14. The molecule has 2 unspecified atom stereocenters. The average Bonchev–Trinajstić information content (AvgIpc) is 3.43. The molecule has 4 rings (SSSR count). The van der Waals surface area contributed by atoms with Crippen LogP contribution >= 0.6 is 0 Å². The zero-order valence-electron chi connectivity index (χ0n) is 23.3. The molecular weight excluding hydrogens is 478 g/mol. The molecule has 1 aromatic carbocycles. The van der Waals surface area contributed by atoms with Gasteiger partial charge in [-0.1, -0.05) is 44.4 Å². The Bertz CT molecular complexity index is 1000. The molecule has 1 aliphatic carbocycles. The summed E-state index contributed by atoms with van der Waals surface area (Å²) in [4.78, 5) is 29.8. The molecule has 2 saturated heterocycles. The van der Waals surface area contributed by atoms with Gasteiger partial charge >= 0.3 is 5.97 Å². The Balaban J connectivity index is 1.39. The van der Waals surface area contributed by atoms with Crippen molar-refractivity contribution in [3.05, 3.63) is 29.8 Å². The number of carbonyl (C=O) groups is 2. The van der Waals surface area contributed by atoms with E-state index in [4.69, 9.17) is 4.74 Å². The van der Waals surface area contributed by atoms with Crippen molar-refractivity contribution in [2.75, 3.05) is 33.3 Å². The van der Waals surface area contributed by atoms with E-state index >= 15 is 0 Å². The lowest BCUT2D eigenvalue weighted by molar-refractivity contribution is -0.149. The quantitative estimate of drug-likeness (QED) is 0.414. The van der Waals surface area contributed by atoms with Gasteiger partial charge in [0.15, 0.2) is 0 Å². The first-order valence-corrected chi connectivity index (χ1v) is 14.7. The van der Waals surface area contributed by atoms with Crippen LogP contribution in [0.25, 0.3) is 0 Å². The molecule has 1 amide bonds. The highest BCUT2D eigenvalue weighted by atomic mass is 16.5. The van der Waals surface area contributed by atoms with E-state index in [1.54, 1.807) is 0 Å². The Morgan fingerprint density at radius 2 is 1.82 bits per heavy atom. The second-order valence-corrected chi connectivity index (χ2v) is 11.8. The monoisotopic (exact) mass is 523 g/mol. The summed E-state index contributed by atoms with van der Waals surface area (Å²) in [6.45, 7) is 4.85. The van der Waals surface area contributed by atoms with Crippen molar-refractivity contribution in [1.29, 1.82) is 5.26 Å². The summed E-state index contributed by atoms with van der Waals surface area (Å²) in [5.41, 5.74) is -0.392. The highest BCUT2D eigenvalue weighted by Crippen LogP contribution is 2.43. The molecule has 1 N–H and O–H groups in total. The van der Waals surface area contributed by atoms with E-state index in [2.05, 4.69) is 24.9 Å². The fourth-order valence-electron chi connectivity index (χ4n) is 7.22. The lowest BCUT2D eigenvalue weighted by atomic mass is 9.73. The van der Waals surface area contributed by atoms with E-state index in [9.17, 15) is 20.0 Å². The topological polar surface area (TPSA) is 93.9 Å². The number of rotatable bonds is 10. The molecule has 3 aliphatic rings. The number of hydrogen-bond donors (Lipinski definition) is 1. The minimum Gasteiger partial charge on any atom is -0.493 e. The third kappa shape index (κ3) is 5.86. The third-order valence-electron chi connectivity index (χ3n) is 9.58. The van der Waals surface area contributed by atoms with Gasteiger partial charge in [0.1, 0.15) is 5.75 Å². The van der Waals surface area contributed by atoms with E-state index in [-0.39, 0.29) is 11.8 Å². The fraction of sp³-hybridized carbons (Fsp3) is 0.710. The van der Waals surface area contributed by atoms with Crippen LogP contribution in [0.2, 0.25) is 0 Å². The minimum atomic E-state index is -0.687. The van der Waals surface area contributed by atoms with Crippen LogP contribution in [0, 0.1) is 22.7 Å². The van der Waals surface area contributed by atoms with Gasteiger partial charge in [-0.2, -0.15) is 5.26 Å². The second kappa shape index (κ2) is 12.5. The lowest BCUT2D eigenvalue weighted by Gasteiger charge is -2.43. The number of ether oxygens (including phenoxy) is 1. The molecule has 1 saturated carbocycles. The molecule has 38 heavy (non-hydrogen) atoms. The first-order chi connectivity index (χ1) is 18.4. The van der Waals surface area contributed by atoms with Crippen molar-refractivity contribution in [3.8, 4) is 11.8 Å². The number of nitriles is 1. The number of hydrogen-bond acceptors (Lipinski definition) is 5. The molecule has 0 radical (unpaired) electrons. The van der Waals surface area contributed by atoms with Crippen LogP contribution in [0.5, 0.6) is 5.75 Å². The van der Waals surface area contributed by atoms with Gasteiger partial charge in [-0.15, -0.1) is 0 Å². The van der Waals surface area contributed by atoms with Gasteiger partial charge < -0.3 is 19.6 Å². The van der Waals surface area contributed by atoms with Crippen molar-refractivity contribution in [1.82, 2.24) is 9.80 Å². The zero-order valence-corrected chi connectivity index (χ0v) is 23.3. The summed E-state index contributed by atoms with van der Waals surface area (Å²) >= 11 is 0. The summed E-state index contributed by atoms with van der Waals surface area (Å²) in [5.74, 6) is 0.334. The normalized spacial score (nSPS) is 25.0. The Morgan fingerprint density at radius 3 is 2.47 bits per heavy atom. The van der Waals surface area contributed by atoms with Gasteiger partial charge in [-0.05, 0) is 77.4 Å². The minimum absolute atomic E-state index is 0.0490. The van der Waals surface area contributed by atoms with Gasteiger partial charge in [0, 0.05) is 24.7 Å². The maximum absolute atomic E-state index is 13.6. The van der Waals surface area contributed by atoms with E-state index in [1.165, 1.54) is 0 Å². The van der Waals surface area contributed by atoms with Crippen molar-refractivity contribution in [3.63, 3.8) is 0 Å². The maximum Gasteiger partial charge on any atom is 0.309 e. The predicted octanol–water partition coefficient (Wildman–Crippen LogP) is 5.38. The zero-order chi connectivity index (χ0) is 27.2. The highest BCUT2D eigenvalue weighted by Gasteiger charge is 2.43. The Kier molecular flexibility index (Phi) is 9.36. The van der Waals surface area contributed by atoms with E-state index in [1.807, 2.05) is 29.2 Å². The Morgan fingerprint density at radius 1 is 1.11 bits per heavy atom. The molecule has 0 aromatic heterocycles. The third-order valence-corrected chi connectivity index (χ3v) is 9.58. The van der Waals surface area contributed by atoms with Crippen LogP contribution < -0.4 is 4.74 Å². The summed E-state index contributed by atoms with van der Waals surface area (Å²) in [5, 5.41) is 20.1. The van der Waals surface area contributed by atoms with Crippen molar-refractivity contribution in [2.45, 2.75) is 95.4 Å². The number of likely N-dealkylation sites (tertiary alicyclic amines) is 2. The van der Waals surface area contributed by atoms with Crippen molar-refractivity contribution >= 4 is 11.9 Å². The molecule has 3 fully saturated rings. The first-order valence-electron chi connectivity index (χ1n) is 14.7. The van der Waals surface area contributed by atoms with Gasteiger partial charge in [-0.3, -0.25) is 9.59 Å². The predicted molar refractivity (Wildman–Crippen MR) is 147 cm³/mol. The number of piperidine rings is 2. The van der Waals surface area contributed by atoms with Gasteiger partial charge in [-0.25, -0.2) is 0 Å². The molecule has 2 heterocycles. The number of para-hydroxylation sites is 1. The van der Waals surface area contributed by atoms with Crippen LogP contribution in [0.4, 0.5) is 0 Å². The standard InChI is InChI=1S/C31H45N3O4/c1-3-10-26-24(11-8-19-33(26)2)28(35)34-20-17-31(23-32,18-21-34)25-12-4-5-13-27(25)38-22-9-16-30(29(36)37)14-6-7-15-30/h4-5,12-13,24,26H,3,6-11,14-22H2,1-2H3,(H,36,37). The second-order valence-electron chi connectivity index (χ2n) is 11.8. The molecule has 0 bridgehead atoms. The number of carboxylic acid groups (broad SMARTS) is 1. The first kappa shape index (κ1) is 28.4. The number of aliphatic carboxylic acids is 1. The maximum atomic E-state index is 13.6. The Labute approximate surface area is 228 Å². The van der Waals surface area contributed by atoms with Crippen molar-refractivity contribution < 1.29 is 19.4 Å². The number of benzene rings is 1. The van der Waals surface area contributed by atoms with Crippen LogP contribution in [0.3, 0.4) is 0 Å². The van der Waals surface area contributed by atoms with Gasteiger partial charge in [0.25, 0.3) is 0 Å². The molecule has 0 spiro atoms. The van der Waals surface area contributed by atoms with Crippen LogP contribution in [-0.2, 0) is 15.0 Å². The fourth-order valence-corrected chi connectivity index (χ4v) is 7.22. The number of carbonyl (C=O) groups excluding carboxylic acids is 1. The summed E-state index contributed by atoms with van der Waals surface area (Å²) in [6.07, 6.45) is 10.1. The Hall–Kier alpha value is -2.59. The molecule has 2 atom stereocenters. The number of carboxylic acids is 1. The number of nitrogens with zero attached hydrogens (tertiary/aromatic N) is 3. The highest BCUT2D eigenvalue weighted by molar-refractivity contribution is 5.80. The molecular formula is C31H45N3O4. The molecule has 208 valence electrons. The average molecular weight is 524 g/mol. The summed E-state index contributed by atoms with van der Waals surface area (Å²) < 4.78 is 6.19. The van der Waals surface area contributed by atoms with Crippen LogP contribution in [0.1, 0.15) is 89.5 Å². The van der Waals surface area contributed by atoms with Crippen LogP contribution in [0.15, 0.2) is 24.3 Å². The molecule has 2 aliphatic heterocycles. The van der Waals surface area contributed by atoms with E-state index in [0.717, 1.165) is 63.5 Å². The number of amides is 1. The van der Waals surface area contributed by atoms with E-state index < -0.39 is 16.8 Å². The van der Waals surface area contributed by atoms with Crippen LogP contribution in [-0.4, -0.2) is 66.1 Å². The molecule has 7 heteroatoms. The van der Waals surface area contributed by atoms with Gasteiger partial charge in [0.05, 0.1) is 29.4 Å². The van der Waals surface area contributed by atoms with Crippen molar-refractivity contribution in [2.24, 2.45) is 11.3 Å². The lowest BCUT2D eigenvalue weighted by Crippen LogP contribution is -2.53. The van der Waals surface area contributed by atoms with Gasteiger partial charge in [0.2, 0.25) is 5.91 Å². The molecule has 7 nitrogen and oxygen atoms in total. The summed E-state index contributed by atoms with van der Waals surface area (Å²) in [6, 6.07) is 10.7. The van der Waals surface area contributed by atoms with E-state index in [0.29, 0.717) is 57.2 Å². The largest absolute Gasteiger partial charge is 0.493 e. The SMILES string of the molecule is CCCC1C(C(=O)N2CCC(C#N)(c3ccccc3OCCCC3(C(=O)O)CCCC3)CC2)CCCN1C.